The SMILES string of the molecule is C=C(C)CCCC[N+]1(CC(O)CC)CC(O)C1. The fourth-order valence-corrected chi connectivity index (χ4v) is 2.71. The molecule has 0 aromatic rings. The molecule has 1 aliphatic heterocycles. The van der Waals surface area contributed by atoms with Gasteiger partial charge < -0.3 is 14.7 Å². The summed E-state index contributed by atoms with van der Waals surface area (Å²) >= 11 is 0. The first kappa shape index (κ1) is 14.7. The Balaban J connectivity index is 2.30. The molecule has 0 saturated carbocycles. The van der Waals surface area contributed by atoms with Crippen LogP contribution in [0.1, 0.15) is 39.5 Å². The molecule has 0 aromatic carbocycles. The van der Waals surface area contributed by atoms with Crippen molar-refractivity contribution in [2.75, 3.05) is 26.2 Å². The zero-order valence-corrected chi connectivity index (χ0v) is 11.4. The second-order valence-electron chi connectivity index (χ2n) is 5.74. The van der Waals surface area contributed by atoms with Gasteiger partial charge in [0, 0.05) is 0 Å². The average Bonchev–Trinajstić information content (AvgIpc) is 2.21. The Hall–Kier alpha value is -0.380. The number of unbranched alkanes of at least 4 members (excludes halogenated alkanes) is 1. The molecule has 3 heteroatoms. The smallest absolute Gasteiger partial charge is 0.152 e. The van der Waals surface area contributed by atoms with Gasteiger partial charge in [0.2, 0.25) is 0 Å². The first-order valence-electron chi connectivity index (χ1n) is 6.83. The van der Waals surface area contributed by atoms with Gasteiger partial charge in [-0.15, -0.1) is 6.58 Å². The van der Waals surface area contributed by atoms with Crippen molar-refractivity contribution < 1.29 is 14.7 Å². The van der Waals surface area contributed by atoms with Gasteiger partial charge in [-0.3, -0.25) is 0 Å². The van der Waals surface area contributed by atoms with E-state index in [9.17, 15) is 10.2 Å². The Labute approximate surface area is 105 Å². The topological polar surface area (TPSA) is 40.5 Å². The van der Waals surface area contributed by atoms with Crippen LogP contribution in [0, 0.1) is 0 Å². The Morgan fingerprint density at radius 2 is 2.06 bits per heavy atom. The van der Waals surface area contributed by atoms with Gasteiger partial charge in [0.05, 0.1) is 6.54 Å². The third-order valence-corrected chi connectivity index (χ3v) is 3.75. The zero-order valence-electron chi connectivity index (χ0n) is 11.4. The number of nitrogens with zero attached hydrogens (tertiary/aromatic N) is 1. The molecule has 1 saturated heterocycles. The molecule has 0 amide bonds. The largest absolute Gasteiger partial charge is 0.387 e. The van der Waals surface area contributed by atoms with Crippen molar-refractivity contribution in [1.29, 1.82) is 0 Å². The number of likely N-dealkylation sites (tertiary alicyclic amines) is 1. The van der Waals surface area contributed by atoms with Crippen LogP contribution in [0.15, 0.2) is 12.2 Å². The average molecular weight is 242 g/mol. The van der Waals surface area contributed by atoms with Gasteiger partial charge in [-0.25, -0.2) is 0 Å². The van der Waals surface area contributed by atoms with E-state index >= 15 is 0 Å². The molecule has 1 rings (SSSR count). The predicted octanol–water partition coefficient (Wildman–Crippen LogP) is 1.69. The third-order valence-electron chi connectivity index (χ3n) is 3.75. The fraction of sp³-hybridized carbons (Fsp3) is 0.857. The van der Waals surface area contributed by atoms with Gasteiger partial charge >= 0.3 is 0 Å². The molecule has 0 aromatic heterocycles. The van der Waals surface area contributed by atoms with Gasteiger partial charge in [-0.1, -0.05) is 12.5 Å². The van der Waals surface area contributed by atoms with Crippen molar-refractivity contribution in [2.45, 2.75) is 51.7 Å². The molecule has 0 radical (unpaired) electrons. The zero-order chi connectivity index (χ0) is 12.9. The van der Waals surface area contributed by atoms with E-state index in [1.807, 2.05) is 6.92 Å². The fourth-order valence-electron chi connectivity index (χ4n) is 2.71. The molecule has 17 heavy (non-hydrogen) atoms. The van der Waals surface area contributed by atoms with Crippen LogP contribution in [0.25, 0.3) is 0 Å². The summed E-state index contributed by atoms with van der Waals surface area (Å²) in [6.45, 7) is 11.5. The number of quaternary nitrogens is 1. The van der Waals surface area contributed by atoms with Gasteiger partial charge in [-0.05, 0) is 32.6 Å². The summed E-state index contributed by atoms with van der Waals surface area (Å²) in [4.78, 5) is 0. The Morgan fingerprint density at radius 1 is 1.41 bits per heavy atom. The Morgan fingerprint density at radius 3 is 2.53 bits per heavy atom. The quantitative estimate of drug-likeness (QED) is 0.386. The Kier molecular flexibility index (Phi) is 5.63. The molecule has 0 aliphatic carbocycles. The van der Waals surface area contributed by atoms with E-state index in [4.69, 9.17) is 0 Å². The maximum absolute atomic E-state index is 9.78. The molecule has 0 spiro atoms. The number of rotatable bonds is 8. The van der Waals surface area contributed by atoms with Crippen LogP contribution in [0.2, 0.25) is 0 Å². The second kappa shape index (κ2) is 6.53. The van der Waals surface area contributed by atoms with Gasteiger partial charge in [-0.2, -0.15) is 0 Å². The molecule has 1 fully saturated rings. The molecule has 1 aliphatic rings. The highest BCUT2D eigenvalue weighted by Gasteiger charge is 2.43. The van der Waals surface area contributed by atoms with Crippen molar-refractivity contribution in [1.82, 2.24) is 0 Å². The minimum absolute atomic E-state index is 0.153. The van der Waals surface area contributed by atoms with E-state index in [0.29, 0.717) is 0 Å². The monoisotopic (exact) mass is 242 g/mol. The maximum atomic E-state index is 9.78. The highest BCUT2D eigenvalue weighted by atomic mass is 16.3. The van der Waals surface area contributed by atoms with Crippen molar-refractivity contribution >= 4 is 0 Å². The van der Waals surface area contributed by atoms with E-state index in [1.165, 1.54) is 12.0 Å². The Bertz CT molecular complexity index is 247. The molecular formula is C14H28NO2+. The number of hydrogen-bond acceptors (Lipinski definition) is 2. The summed E-state index contributed by atoms with van der Waals surface area (Å²) in [5.74, 6) is 0. The van der Waals surface area contributed by atoms with Gasteiger partial charge in [0.1, 0.15) is 25.7 Å². The van der Waals surface area contributed by atoms with Crippen molar-refractivity contribution in [3.05, 3.63) is 12.2 Å². The van der Waals surface area contributed by atoms with E-state index in [-0.39, 0.29) is 12.2 Å². The van der Waals surface area contributed by atoms with Crippen molar-refractivity contribution in [2.24, 2.45) is 0 Å². The lowest BCUT2D eigenvalue weighted by molar-refractivity contribution is -0.974. The van der Waals surface area contributed by atoms with E-state index in [2.05, 4.69) is 13.5 Å². The van der Waals surface area contributed by atoms with E-state index < -0.39 is 0 Å². The van der Waals surface area contributed by atoms with Crippen LogP contribution < -0.4 is 0 Å². The highest BCUT2D eigenvalue weighted by molar-refractivity contribution is 4.87. The summed E-state index contributed by atoms with van der Waals surface area (Å²) in [5, 5.41) is 19.3. The van der Waals surface area contributed by atoms with Crippen LogP contribution in [0.5, 0.6) is 0 Å². The third kappa shape index (κ3) is 4.78. The summed E-state index contributed by atoms with van der Waals surface area (Å²) in [6.07, 6.45) is 3.87. The molecule has 1 atom stereocenters. The molecule has 0 bridgehead atoms. The van der Waals surface area contributed by atoms with Gasteiger partial charge in [0.15, 0.2) is 6.10 Å². The number of aliphatic hydroxyl groups is 2. The lowest BCUT2D eigenvalue weighted by Crippen LogP contribution is -2.68. The van der Waals surface area contributed by atoms with E-state index in [1.54, 1.807) is 0 Å². The summed E-state index contributed by atoms with van der Waals surface area (Å²) in [5.41, 5.74) is 1.24. The first-order valence-corrected chi connectivity index (χ1v) is 6.83. The number of hydrogen-bond donors (Lipinski definition) is 2. The van der Waals surface area contributed by atoms with E-state index in [0.717, 1.165) is 49.9 Å². The molecule has 2 N–H and O–H groups in total. The second-order valence-corrected chi connectivity index (χ2v) is 5.74. The van der Waals surface area contributed by atoms with Crippen molar-refractivity contribution in [3.63, 3.8) is 0 Å². The lowest BCUT2D eigenvalue weighted by Gasteiger charge is -2.49. The molecule has 1 unspecified atom stereocenters. The minimum atomic E-state index is -0.219. The minimum Gasteiger partial charge on any atom is -0.387 e. The standard InChI is InChI=1S/C14H28NO2/c1-4-13(16)9-15(10-14(17)11-15)8-6-5-7-12(2)3/h13-14,16-17H,2,4-11H2,1,3H3/q+1. The van der Waals surface area contributed by atoms with Crippen LogP contribution in [0.3, 0.4) is 0 Å². The van der Waals surface area contributed by atoms with Crippen LogP contribution in [0.4, 0.5) is 0 Å². The molecule has 3 nitrogen and oxygen atoms in total. The molecule has 1 heterocycles. The predicted molar refractivity (Wildman–Crippen MR) is 70.7 cm³/mol. The maximum Gasteiger partial charge on any atom is 0.152 e. The number of allylic oxidation sites excluding steroid dienone is 1. The van der Waals surface area contributed by atoms with Crippen LogP contribution in [-0.4, -0.2) is 53.1 Å². The first-order chi connectivity index (χ1) is 7.97. The van der Waals surface area contributed by atoms with Crippen LogP contribution >= 0.6 is 0 Å². The lowest BCUT2D eigenvalue weighted by atomic mass is 10.0. The molecular weight excluding hydrogens is 214 g/mol. The number of aliphatic hydroxyl groups excluding tert-OH is 2. The summed E-state index contributed by atoms with van der Waals surface area (Å²) in [7, 11) is 0. The summed E-state index contributed by atoms with van der Waals surface area (Å²) < 4.78 is 0.909. The normalized spacial score (nSPS) is 29.8. The summed E-state index contributed by atoms with van der Waals surface area (Å²) in [6, 6.07) is 0. The van der Waals surface area contributed by atoms with Gasteiger partial charge in [0.25, 0.3) is 0 Å². The van der Waals surface area contributed by atoms with Crippen molar-refractivity contribution in [3.8, 4) is 0 Å². The molecule has 100 valence electrons. The highest BCUT2D eigenvalue weighted by Crippen LogP contribution is 2.23. The van der Waals surface area contributed by atoms with Crippen LogP contribution in [-0.2, 0) is 0 Å².